The highest BCUT2D eigenvalue weighted by atomic mass is 19.4. The predicted octanol–water partition coefficient (Wildman–Crippen LogP) is 7.04. The molecule has 7 heteroatoms. The van der Waals surface area contributed by atoms with E-state index in [-0.39, 0.29) is 6.54 Å². The number of ether oxygens (including phenoxy) is 1. The van der Waals surface area contributed by atoms with Gasteiger partial charge in [0.05, 0.1) is 0 Å². The molecule has 178 valence electrons. The lowest BCUT2D eigenvalue weighted by Gasteiger charge is -2.08. The summed E-state index contributed by atoms with van der Waals surface area (Å²) < 4.78 is 41.0. The molecule has 0 atom stereocenters. The molecule has 0 heterocycles. The first-order valence-electron chi connectivity index (χ1n) is 11.7. The van der Waals surface area contributed by atoms with Gasteiger partial charge in [-0.15, -0.1) is 0 Å². The fourth-order valence-electron chi connectivity index (χ4n) is 2.97. The van der Waals surface area contributed by atoms with Gasteiger partial charge < -0.3 is 9.57 Å². The summed E-state index contributed by atoms with van der Waals surface area (Å²) in [5, 5.41) is 0. The summed E-state index contributed by atoms with van der Waals surface area (Å²) in [7, 11) is 0. The van der Waals surface area contributed by atoms with E-state index in [1.165, 1.54) is 77.0 Å². The lowest BCUT2D eigenvalue weighted by molar-refractivity contribution is -0.207. The van der Waals surface area contributed by atoms with Crippen molar-refractivity contribution in [3.05, 3.63) is 12.2 Å². The van der Waals surface area contributed by atoms with E-state index >= 15 is 0 Å². The van der Waals surface area contributed by atoms with Crippen molar-refractivity contribution in [1.29, 1.82) is 0 Å². The SMILES string of the molecule is CCCCCCCCC=CCCCCCCCCOCCCNOC(=O)C(F)(F)F. The van der Waals surface area contributed by atoms with Crippen LogP contribution in [-0.4, -0.2) is 31.9 Å². The molecular weight excluding hydrogens is 395 g/mol. The summed E-state index contributed by atoms with van der Waals surface area (Å²) in [5.41, 5.74) is 2.00. The maximum absolute atomic E-state index is 11.9. The number of hydroxylamine groups is 1. The van der Waals surface area contributed by atoms with Crippen molar-refractivity contribution in [3.63, 3.8) is 0 Å². The zero-order valence-corrected chi connectivity index (χ0v) is 18.7. The van der Waals surface area contributed by atoms with Gasteiger partial charge in [-0.3, -0.25) is 0 Å². The van der Waals surface area contributed by atoms with Crippen molar-refractivity contribution in [2.45, 2.75) is 109 Å². The maximum atomic E-state index is 11.9. The molecule has 0 aromatic rings. The summed E-state index contributed by atoms with van der Waals surface area (Å²) in [6, 6.07) is 0. The molecule has 4 nitrogen and oxygen atoms in total. The molecule has 0 fully saturated rings. The molecule has 0 rings (SSSR count). The minimum Gasteiger partial charge on any atom is -0.381 e. The lowest BCUT2D eigenvalue weighted by atomic mass is 10.1. The van der Waals surface area contributed by atoms with Crippen molar-refractivity contribution in [2.75, 3.05) is 19.8 Å². The zero-order valence-electron chi connectivity index (χ0n) is 18.7. The second-order valence-corrected chi connectivity index (χ2v) is 7.69. The number of halogens is 3. The van der Waals surface area contributed by atoms with Gasteiger partial charge in [0.1, 0.15) is 0 Å². The van der Waals surface area contributed by atoms with Crippen LogP contribution < -0.4 is 5.48 Å². The molecule has 0 bridgehead atoms. The van der Waals surface area contributed by atoms with Crippen LogP contribution in [0.25, 0.3) is 0 Å². The van der Waals surface area contributed by atoms with Crippen molar-refractivity contribution in [2.24, 2.45) is 0 Å². The molecule has 0 saturated heterocycles. The standard InChI is InChI=1S/C23H42F3NO3/c1-2-3-4-5-6-7-8-9-10-11-12-13-14-15-16-17-20-29-21-18-19-27-30-22(28)23(24,25)26/h9-10,27H,2-8,11-21H2,1H3. The Morgan fingerprint density at radius 2 is 1.27 bits per heavy atom. The van der Waals surface area contributed by atoms with Crippen molar-refractivity contribution >= 4 is 5.97 Å². The monoisotopic (exact) mass is 437 g/mol. The van der Waals surface area contributed by atoms with Crippen LogP contribution in [0, 0.1) is 0 Å². The van der Waals surface area contributed by atoms with Crippen LogP contribution >= 0.6 is 0 Å². The second kappa shape index (κ2) is 21.2. The van der Waals surface area contributed by atoms with Gasteiger partial charge in [0.25, 0.3) is 0 Å². The van der Waals surface area contributed by atoms with Gasteiger partial charge in [-0.2, -0.15) is 18.7 Å². The van der Waals surface area contributed by atoms with Gasteiger partial charge in [-0.25, -0.2) is 4.79 Å². The average Bonchev–Trinajstić information content (AvgIpc) is 2.71. The molecule has 0 spiro atoms. The molecule has 0 amide bonds. The third-order valence-corrected chi connectivity index (χ3v) is 4.76. The number of rotatable bonds is 21. The highest BCUT2D eigenvalue weighted by Crippen LogP contribution is 2.15. The van der Waals surface area contributed by atoms with Crippen LogP contribution in [0.15, 0.2) is 12.2 Å². The summed E-state index contributed by atoms with van der Waals surface area (Å²) in [5.74, 6) is -2.23. The quantitative estimate of drug-likeness (QED) is 0.119. The Bertz CT molecular complexity index is 415. The molecule has 0 aliphatic rings. The number of hydrogen-bond donors (Lipinski definition) is 1. The number of hydrogen-bond acceptors (Lipinski definition) is 4. The molecule has 0 saturated carbocycles. The summed E-state index contributed by atoms with van der Waals surface area (Å²) in [6.45, 7) is 3.47. The Morgan fingerprint density at radius 1 is 0.767 bits per heavy atom. The number of carbonyl (C=O) groups is 1. The fourth-order valence-corrected chi connectivity index (χ4v) is 2.97. The summed E-state index contributed by atoms with van der Waals surface area (Å²) in [4.78, 5) is 14.3. The second-order valence-electron chi connectivity index (χ2n) is 7.69. The van der Waals surface area contributed by atoms with Gasteiger partial charge in [0.2, 0.25) is 0 Å². The minimum absolute atomic E-state index is 0.134. The van der Waals surface area contributed by atoms with E-state index in [0.29, 0.717) is 19.6 Å². The first kappa shape index (κ1) is 28.9. The van der Waals surface area contributed by atoms with Crippen LogP contribution in [0.4, 0.5) is 13.2 Å². The normalized spacial score (nSPS) is 12.0. The largest absolute Gasteiger partial charge is 0.492 e. The first-order chi connectivity index (χ1) is 14.5. The summed E-state index contributed by atoms with van der Waals surface area (Å²) >= 11 is 0. The van der Waals surface area contributed by atoms with E-state index in [2.05, 4.69) is 23.9 Å². The van der Waals surface area contributed by atoms with E-state index in [9.17, 15) is 18.0 Å². The smallest absolute Gasteiger partial charge is 0.381 e. The molecule has 0 aliphatic carbocycles. The van der Waals surface area contributed by atoms with E-state index < -0.39 is 12.1 Å². The maximum Gasteiger partial charge on any atom is 0.492 e. The van der Waals surface area contributed by atoms with Gasteiger partial charge in [0.15, 0.2) is 0 Å². The number of carbonyl (C=O) groups excluding carboxylic acids is 1. The fraction of sp³-hybridized carbons (Fsp3) is 0.870. The van der Waals surface area contributed by atoms with Crippen LogP contribution in [0.3, 0.4) is 0 Å². The third-order valence-electron chi connectivity index (χ3n) is 4.76. The van der Waals surface area contributed by atoms with Gasteiger partial charge >= 0.3 is 12.1 Å². The zero-order chi connectivity index (χ0) is 22.3. The molecule has 30 heavy (non-hydrogen) atoms. The number of alkyl halides is 3. The van der Waals surface area contributed by atoms with Crippen molar-refractivity contribution in [3.8, 4) is 0 Å². The molecule has 1 N–H and O–H groups in total. The average molecular weight is 438 g/mol. The van der Waals surface area contributed by atoms with Crippen LogP contribution in [0.2, 0.25) is 0 Å². The number of unbranched alkanes of at least 4 members (excludes halogenated alkanes) is 12. The Hall–Kier alpha value is -1.08. The third kappa shape index (κ3) is 21.6. The highest BCUT2D eigenvalue weighted by molar-refractivity contribution is 5.75. The Balaban J connectivity index is 3.16. The first-order valence-corrected chi connectivity index (χ1v) is 11.7. The molecule has 0 aliphatic heterocycles. The minimum atomic E-state index is -4.96. The van der Waals surface area contributed by atoms with Gasteiger partial charge in [0, 0.05) is 19.8 Å². The molecule has 0 radical (unpaired) electrons. The van der Waals surface area contributed by atoms with Crippen LogP contribution in [0.5, 0.6) is 0 Å². The Labute approximate surface area is 180 Å². The topological polar surface area (TPSA) is 47.6 Å². The predicted molar refractivity (Wildman–Crippen MR) is 115 cm³/mol. The van der Waals surface area contributed by atoms with E-state index in [1.807, 2.05) is 5.48 Å². The Morgan fingerprint density at radius 3 is 1.83 bits per heavy atom. The van der Waals surface area contributed by atoms with E-state index in [4.69, 9.17) is 4.74 Å². The molecule has 0 aromatic carbocycles. The van der Waals surface area contributed by atoms with Gasteiger partial charge in [-0.05, 0) is 38.5 Å². The van der Waals surface area contributed by atoms with E-state index in [0.717, 1.165) is 12.8 Å². The van der Waals surface area contributed by atoms with Crippen LogP contribution in [-0.2, 0) is 14.4 Å². The van der Waals surface area contributed by atoms with E-state index in [1.54, 1.807) is 0 Å². The van der Waals surface area contributed by atoms with Crippen molar-refractivity contribution in [1.82, 2.24) is 5.48 Å². The lowest BCUT2D eigenvalue weighted by Crippen LogP contribution is -2.32. The molecule has 0 aromatic heterocycles. The summed E-state index contributed by atoms with van der Waals surface area (Å²) in [6.07, 6.45) is 17.9. The van der Waals surface area contributed by atoms with Gasteiger partial charge in [-0.1, -0.05) is 76.9 Å². The highest BCUT2D eigenvalue weighted by Gasteiger charge is 2.41. The molecule has 0 unspecified atom stereocenters. The number of nitrogens with one attached hydrogen (secondary N) is 1. The van der Waals surface area contributed by atoms with Crippen LogP contribution in [0.1, 0.15) is 103 Å². The molecular formula is C23H42F3NO3. The Kier molecular flexibility index (Phi) is 20.4. The van der Waals surface area contributed by atoms with Crippen molar-refractivity contribution < 1.29 is 27.5 Å². The number of allylic oxidation sites excluding steroid dienone is 2.